The Kier molecular flexibility index (Phi) is 12.1. The number of hydrogen-bond donors (Lipinski definition) is 2. The Morgan fingerprint density at radius 1 is 1.09 bits per heavy atom. The number of rotatable bonds is 9. The standard InChI is InChI=1S/C26H26Cl2N4O3.2HNO3/c1-2-10-32-18-30-13-25(32)19-3-6-21(7-4-19)33-14-22-15-34-26(35-22,16-31-11-9-29-17-31)23-8-5-20(27)12-24(23)28;2*2-1(3)4/h3-9,11-13,17-18,22H,2,10,14-16H2,1H3;2*(H,2,3,4). The average Bonchev–Trinajstić information content (AvgIpc) is 3.70. The Hall–Kier alpha value is -4.44. The molecule has 0 aliphatic carbocycles. The van der Waals surface area contributed by atoms with E-state index in [4.69, 9.17) is 68.1 Å². The molecular formula is C26H28Cl2N6O9. The first kappa shape index (κ1) is 33.1. The van der Waals surface area contributed by atoms with E-state index in [1.54, 1.807) is 24.7 Å². The molecule has 2 unspecified atom stereocenters. The van der Waals surface area contributed by atoms with Crippen molar-refractivity contribution in [3.63, 3.8) is 0 Å². The summed E-state index contributed by atoms with van der Waals surface area (Å²) in [5.74, 6) is -0.312. The van der Waals surface area contributed by atoms with E-state index in [2.05, 4.69) is 21.5 Å². The first-order valence-corrected chi connectivity index (χ1v) is 13.4. The predicted molar refractivity (Wildman–Crippen MR) is 152 cm³/mol. The molecule has 5 rings (SSSR count). The van der Waals surface area contributed by atoms with Crippen LogP contribution in [-0.4, -0.2) is 59.0 Å². The van der Waals surface area contributed by atoms with Crippen LogP contribution in [0, 0.1) is 20.2 Å². The fourth-order valence-corrected chi connectivity index (χ4v) is 4.82. The highest BCUT2D eigenvalue weighted by atomic mass is 35.5. The fraction of sp³-hybridized carbons (Fsp3) is 0.308. The Bertz CT molecular complexity index is 1450. The largest absolute Gasteiger partial charge is 0.491 e. The smallest absolute Gasteiger partial charge is 0.291 e. The van der Waals surface area contributed by atoms with Crippen LogP contribution in [0.2, 0.25) is 10.0 Å². The third-order valence-electron chi connectivity index (χ3n) is 5.91. The van der Waals surface area contributed by atoms with E-state index in [1.165, 1.54) is 0 Å². The van der Waals surface area contributed by atoms with Gasteiger partial charge >= 0.3 is 0 Å². The Morgan fingerprint density at radius 2 is 1.79 bits per heavy atom. The summed E-state index contributed by atoms with van der Waals surface area (Å²) in [6.45, 7) is 4.18. The quantitative estimate of drug-likeness (QED) is 0.183. The average molecular weight is 639 g/mol. The second kappa shape index (κ2) is 15.7. The molecular weight excluding hydrogens is 611 g/mol. The minimum Gasteiger partial charge on any atom is -0.491 e. The van der Waals surface area contributed by atoms with Crippen molar-refractivity contribution in [3.8, 4) is 17.0 Å². The number of aryl methyl sites for hydroxylation is 1. The van der Waals surface area contributed by atoms with Crippen LogP contribution >= 0.6 is 23.2 Å². The van der Waals surface area contributed by atoms with Crippen LogP contribution in [0.5, 0.6) is 5.75 Å². The molecule has 1 aliphatic rings. The molecule has 0 bridgehead atoms. The molecule has 0 radical (unpaired) electrons. The monoisotopic (exact) mass is 638 g/mol. The van der Waals surface area contributed by atoms with Crippen molar-refractivity contribution in [2.24, 2.45) is 0 Å². The summed E-state index contributed by atoms with van der Waals surface area (Å²) in [5.41, 5.74) is 2.91. The van der Waals surface area contributed by atoms with Gasteiger partial charge in [-0.3, -0.25) is 0 Å². The minimum absolute atomic E-state index is 0.282. The van der Waals surface area contributed by atoms with Gasteiger partial charge in [0, 0.05) is 35.1 Å². The summed E-state index contributed by atoms with van der Waals surface area (Å²) < 4.78 is 22.8. The SMILES string of the molecule is CCCn1cncc1-c1ccc(OCC2COC(Cn3ccnc3)(c3ccc(Cl)cc3Cl)O2)cc1.O=[N+]([O-])O.O=[N+]([O-])O. The maximum absolute atomic E-state index is 8.36. The lowest BCUT2D eigenvalue weighted by atomic mass is 10.1. The second-order valence-electron chi connectivity index (χ2n) is 8.95. The number of benzene rings is 2. The third kappa shape index (κ3) is 9.82. The number of nitrogens with zero attached hydrogens (tertiary/aromatic N) is 6. The van der Waals surface area contributed by atoms with Gasteiger partial charge in [-0.25, -0.2) is 9.97 Å². The van der Waals surface area contributed by atoms with E-state index >= 15 is 0 Å². The van der Waals surface area contributed by atoms with E-state index < -0.39 is 16.0 Å². The zero-order valence-electron chi connectivity index (χ0n) is 22.7. The van der Waals surface area contributed by atoms with Crippen molar-refractivity contribution < 1.29 is 34.8 Å². The molecule has 17 heteroatoms. The number of aromatic nitrogens is 4. The summed E-state index contributed by atoms with van der Waals surface area (Å²) in [6.07, 6.45) is 9.81. The lowest BCUT2D eigenvalue weighted by Gasteiger charge is -2.30. The molecule has 0 spiro atoms. The van der Waals surface area contributed by atoms with E-state index in [0.29, 0.717) is 35.4 Å². The van der Waals surface area contributed by atoms with Gasteiger partial charge in [0.25, 0.3) is 10.2 Å². The van der Waals surface area contributed by atoms with Crippen LogP contribution in [0.25, 0.3) is 11.3 Å². The molecule has 2 aromatic carbocycles. The summed E-state index contributed by atoms with van der Waals surface area (Å²) in [7, 11) is 0. The molecule has 2 atom stereocenters. The van der Waals surface area contributed by atoms with Gasteiger partial charge < -0.3 is 33.8 Å². The predicted octanol–water partition coefficient (Wildman–Crippen LogP) is 5.12. The summed E-state index contributed by atoms with van der Waals surface area (Å²) >= 11 is 12.7. The highest BCUT2D eigenvalue weighted by molar-refractivity contribution is 6.35. The molecule has 15 nitrogen and oxygen atoms in total. The van der Waals surface area contributed by atoms with E-state index in [9.17, 15) is 0 Å². The normalized spacial score (nSPS) is 17.2. The van der Waals surface area contributed by atoms with Crippen molar-refractivity contribution in [3.05, 3.63) is 110 Å². The second-order valence-corrected chi connectivity index (χ2v) is 9.79. The van der Waals surface area contributed by atoms with Gasteiger partial charge in [-0.1, -0.05) is 36.2 Å². The van der Waals surface area contributed by atoms with Gasteiger partial charge in [0.15, 0.2) is 0 Å². The molecule has 0 saturated carbocycles. The van der Waals surface area contributed by atoms with Gasteiger partial charge in [-0.2, -0.15) is 0 Å². The van der Waals surface area contributed by atoms with Crippen LogP contribution in [0.3, 0.4) is 0 Å². The first-order chi connectivity index (χ1) is 20.5. The van der Waals surface area contributed by atoms with E-state index in [-0.39, 0.29) is 6.10 Å². The van der Waals surface area contributed by atoms with E-state index in [0.717, 1.165) is 30.0 Å². The van der Waals surface area contributed by atoms with Crippen molar-refractivity contribution in [1.82, 2.24) is 19.1 Å². The highest BCUT2D eigenvalue weighted by Gasteiger charge is 2.45. The Balaban J connectivity index is 0.000000566. The Morgan fingerprint density at radius 3 is 2.40 bits per heavy atom. The zero-order chi connectivity index (χ0) is 31.4. The highest BCUT2D eigenvalue weighted by Crippen LogP contribution is 2.40. The molecule has 2 aromatic heterocycles. The van der Waals surface area contributed by atoms with Crippen molar-refractivity contribution in [2.45, 2.75) is 38.3 Å². The summed E-state index contributed by atoms with van der Waals surface area (Å²) in [6, 6.07) is 13.3. The molecule has 1 fully saturated rings. The fourth-order valence-electron chi connectivity index (χ4n) is 4.27. The zero-order valence-corrected chi connectivity index (χ0v) is 24.2. The van der Waals surface area contributed by atoms with Crippen LogP contribution in [0.4, 0.5) is 0 Å². The number of hydrogen-bond acceptors (Lipinski definition) is 9. The first-order valence-electron chi connectivity index (χ1n) is 12.7. The summed E-state index contributed by atoms with van der Waals surface area (Å²) in [5, 5.41) is 28.3. The minimum atomic E-state index is -1.50. The molecule has 1 saturated heterocycles. The van der Waals surface area contributed by atoms with Crippen molar-refractivity contribution in [2.75, 3.05) is 13.2 Å². The maximum Gasteiger partial charge on any atom is 0.291 e. The van der Waals surface area contributed by atoms with Crippen LogP contribution < -0.4 is 4.74 Å². The molecule has 3 heterocycles. The third-order valence-corrected chi connectivity index (χ3v) is 6.46. The molecule has 0 amide bonds. The van der Waals surface area contributed by atoms with Crippen molar-refractivity contribution in [1.29, 1.82) is 0 Å². The van der Waals surface area contributed by atoms with Crippen molar-refractivity contribution >= 4 is 23.2 Å². The number of ether oxygens (including phenoxy) is 3. The van der Waals surface area contributed by atoms with Gasteiger partial charge in [0.05, 0.1) is 42.7 Å². The molecule has 1 aliphatic heterocycles. The van der Waals surface area contributed by atoms with Crippen LogP contribution in [0.1, 0.15) is 18.9 Å². The maximum atomic E-state index is 8.36. The van der Waals surface area contributed by atoms with Crippen LogP contribution in [-0.2, 0) is 28.4 Å². The molecule has 4 aromatic rings. The van der Waals surface area contributed by atoms with Crippen LogP contribution in [0.15, 0.2) is 73.7 Å². The lowest BCUT2D eigenvalue weighted by Crippen LogP contribution is -2.34. The number of halogens is 2. The number of imidazole rings is 2. The molecule has 2 N–H and O–H groups in total. The molecule has 43 heavy (non-hydrogen) atoms. The summed E-state index contributed by atoms with van der Waals surface area (Å²) in [4.78, 5) is 25.1. The van der Waals surface area contributed by atoms with Gasteiger partial charge in [0.2, 0.25) is 5.79 Å². The van der Waals surface area contributed by atoms with Gasteiger partial charge in [-0.15, -0.1) is 20.2 Å². The Labute approximate surface area is 255 Å². The van der Waals surface area contributed by atoms with E-state index in [1.807, 2.05) is 53.6 Å². The lowest BCUT2D eigenvalue weighted by molar-refractivity contribution is -0.742. The van der Waals surface area contributed by atoms with Gasteiger partial charge in [-0.05, 0) is 42.8 Å². The van der Waals surface area contributed by atoms with Gasteiger partial charge in [0.1, 0.15) is 18.5 Å². The molecule has 230 valence electrons. The topological polar surface area (TPSA) is 190 Å².